The van der Waals surface area contributed by atoms with Crippen LogP contribution in [0.5, 0.6) is 0 Å². The molecular weight excluding hydrogens is 508 g/mol. The number of carbonyl (C=O) groups excluding carboxylic acids is 2. The second-order valence-electron chi connectivity index (χ2n) is 10.6. The summed E-state index contributed by atoms with van der Waals surface area (Å²) in [6.45, 7) is 7.22. The second-order valence-corrected chi connectivity index (χ2v) is 10.6. The molecule has 0 saturated carbocycles. The van der Waals surface area contributed by atoms with Crippen LogP contribution in [0.2, 0.25) is 0 Å². The van der Waals surface area contributed by atoms with Crippen LogP contribution >= 0.6 is 0 Å². The zero-order valence-corrected chi connectivity index (χ0v) is 23.0. The van der Waals surface area contributed by atoms with E-state index in [1.165, 1.54) is 0 Å². The molecule has 3 rings (SSSR count). The summed E-state index contributed by atoms with van der Waals surface area (Å²) in [6, 6.07) is 0. The summed E-state index contributed by atoms with van der Waals surface area (Å²) in [7, 11) is 0. The van der Waals surface area contributed by atoms with Crippen LogP contribution in [-0.4, -0.2) is 124 Å². The van der Waals surface area contributed by atoms with E-state index in [9.17, 15) is 19.2 Å². The molecule has 0 atom stereocenters. The molecule has 0 aromatic carbocycles. The first-order valence-electron chi connectivity index (χ1n) is 14.0. The molecule has 0 spiro atoms. The zero-order valence-electron chi connectivity index (χ0n) is 23.0. The summed E-state index contributed by atoms with van der Waals surface area (Å²) in [5.74, 6) is -2.15. The van der Waals surface area contributed by atoms with Crippen molar-refractivity contribution in [3.63, 3.8) is 0 Å². The number of amides is 2. The summed E-state index contributed by atoms with van der Waals surface area (Å²) in [5, 5.41) is 44.9. The lowest BCUT2D eigenvalue weighted by Gasteiger charge is -2.37. The molecule has 2 bridgehead atoms. The Bertz CT molecular complexity index is 706. The summed E-state index contributed by atoms with van der Waals surface area (Å²) in [4.78, 5) is 47.2. The number of aliphatic carboxylic acids is 2. The minimum Gasteiger partial charge on any atom is -0.481 e. The maximum Gasteiger partial charge on any atom is 0.303 e. The van der Waals surface area contributed by atoms with Crippen LogP contribution in [0.25, 0.3) is 0 Å². The molecule has 0 unspecified atom stereocenters. The highest BCUT2D eigenvalue weighted by Gasteiger charge is 2.33. The van der Waals surface area contributed by atoms with E-state index in [4.69, 9.17) is 10.2 Å². The first-order chi connectivity index (χ1) is 18.7. The van der Waals surface area contributed by atoms with Gasteiger partial charge >= 0.3 is 11.9 Å². The molecule has 0 aliphatic carbocycles. The molecule has 3 fully saturated rings. The maximum absolute atomic E-state index is 12.8. The third-order valence-electron chi connectivity index (χ3n) is 6.84. The average molecular weight is 557 g/mol. The Hall–Kier alpha value is -2.36. The molecule has 10 N–H and O–H groups in total. The number of fused-ring (bicyclic) bond motifs is 16. The molecule has 2 amide bonds. The van der Waals surface area contributed by atoms with Gasteiger partial charge in [0.15, 0.2) is 0 Å². The van der Waals surface area contributed by atoms with Crippen LogP contribution in [0.4, 0.5) is 0 Å². The van der Waals surface area contributed by atoms with Gasteiger partial charge < -0.3 is 52.7 Å². The van der Waals surface area contributed by atoms with E-state index >= 15 is 0 Å². The number of carboxylic acid groups (broad SMARTS) is 2. The lowest BCUT2D eigenvalue weighted by Crippen LogP contribution is -2.66. The van der Waals surface area contributed by atoms with Crippen molar-refractivity contribution in [1.82, 2.24) is 42.5 Å². The topological polar surface area (TPSA) is 205 Å². The fourth-order valence-electron chi connectivity index (χ4n) is 4.81. The molecule has 0 aromatic heterocycles. The van der Waals surface area contributed by atoms with Gasteiger partial charge in [-0.3, -0.25) is 19.2 Å². The first-order valence-corrected chi connectivity index (χ1v) is 14.0. The molecule has 0 aromatic rings. The molecule has 3 saturated heterocycles. The van der Waals surface area contributed by atoms with E-state index in [0.29, 0.717) is 78.3 Å². The van der Waals surface area contributed by atoms with E-state index in [0.717, 1.165) is 19.5 Å². The van der Waals surface area contributed by atoms with Gasteiger partial charge in [0.2, 0.25) is 11.8 Å². The van der Waals surface area contributed by atoms with Crippen LogP contribution in [0, 0.1) is 0 Å². The normalized spacial score (nSPS) is 25.9. The molecule has 3 aliphatic rings. The van der Waals surface area contributed by atoms with Crippen molar-refractivity contribution in [1.29, 1.82) is 0 Å². The smallest absolute Gasteiger partial charge is 0.303 e. The molecule has 3 heterocycles. The zero-order chi connectivity index (χ0) is 28.4. The summed E-state index contributed by atoms with van der Waals surface area (Å²) in [6.07, 6.45) is 1.67. The minimum atomic E-state index is -0.909. The number of carbonyl (C=O) groups is 4. The van der Waals surface area contributed by atoms with E-state index in [-0.39, 0.29) is 37.5 Å². The lowest BCUT2D eigenvalue weighted by atomic mass is 9.97. The van der Waals surface area contributed by atoms with Gasteiger partial charge in [0, 0.05) is 91.1 Å². The fourth-order valence-corrected chi connectivity index (χ4v) is 4.81. The molecule has 14 nitrogen and oxygen atoms in total. The fraction of sp³-hybridized carbons (Fsp3) is 0.840. The van der Waals surface area contributed by atoms with E-state index in [1.807, 2.05) is 0 Å². The van der Waals surface area contributed by atoms with E-state index < -0.39 is 23.0 Å². The lowest BCUT2D eigenvalue weighted by molar-refractivity contribution is -0.138. The van der Waals surface area contributed by atoms with Crippen LogP contribution in [0.3, 0.4) is 0 Å². The molecule has 3 aliphatic heterocycles. The molecular formula is C25H48N8O6. The third kappa shape index (κ3) is 14.0. The highest BCUT2D eigenvalue weighted by molar-refractivity contribution is 5.78. The van der Waals surface area contributed by atoms with Gasteiger partial charge in [0.25, 0.3) is 0 Å². The summed E-state index contributed by atoms with van der Waals surface area (Å²) in [5.41, 5.74) is -1.18. The monoisotopic (exact) mass is 556 g/mol. The van der Waals surface area contributed by atoms with E-state index in [2.05, 4.69) is 42.5 Å². The van der Waals surface area contributed by atoms with Crippen molar-refractivity contribution >= 4 is 23.8 Å². The van der Waals surface area contributed by atoms with Gasteiger partial charge in [0.05, 0.1) is 11.1 Å². The molecule has 224 valence electrons. The van der Waals surface area contributed by atoms with E-state index in [1.54, 1.807) is 0 Å². The summed E-state index contributed by atoms with van der Waals surface area (Å²) < 4.78 is 0. The Morgan fingerprint density at radius 1 is 0.513 bits per heavy atom. The van der Waals surface area contributed by atoms with Gasteiger partial charge in [-0.1, -0.05) is 0 Å². The van der Waals surface area contributed by atoms with Crippen molar-refractivity contribution in [2.24, 2.45) is 0 Å². The standard InChI is InChI=1S/C25H48N8O6/c34-20(4-1-6-22(36)37)32-24-14-26-8-3-9-27-15-25(18-30-12-10-28-16-24,19-31-13-11-29-17-24)33-21(35)5-2-7-23(38)39/h26-31H,1-19H2,(H,32,34)(H,33,35)(H,36,37)(H,38,39). The Morgan fingerprint density at radius 2 is 0.821 bits per heavy atom. The van der Waals surface area contributed by atoms with Crippen molar-refractivity contribution in [3.8, 4) is 0 Å². The quantitative estimate of drug-likeness (QED) is 0.132. The van der Waals surface area contributed by atoms with Gasteiger partial charge in [-0.2, -0.15) is 0 Å². The second kappa shape index (κ2) is 18.1. The SMILES string of the molecule is O=C(O)CCCC(=O)NC12CNCCCNCC(NC(=O)CCCC(=O)O)(CNCCNC1)CNCCNC2. The maximum atomic E-state index is 12.8. The Morgan fingerprint density at radius 3 is 1.13 bits per heavy atom. The number of hydrogen-bond donors (Lipinski definition) is 10. The molecule has 0 radical (unpaired) electrons. The third-order valence-corrected chi connectivity index (χ3v) is 6.84. The van der Waals surface area contributed by atoms with Gasteiger partial charge in [-0.15, -0.1) is 0 Å². The summed E-state index contributed by atoms with van der Waals surface area (Å²) >= 11 is 0. The number of hydrogen-bond acceptors (Lipinski definition) is 10. The highest BCUT2D eigenvalue weighted by Crippen LogP contribution is 2.08. The Labute approximate surface area is 230 Å². The highest BCUT2D eigenvalue weighted by atomic mass is 16.4. The van der Waals surface area contributed by atoms with Gasteiger partial charge in [-0.05, 0) is 32.4 Å². The molecule has 39 heavy (non-hydrogen) atoms. The number of rotatable bonds is 10. The largest absolute Gasteiger partial charge is 0.481 e. The predicted octanol–water partition coefficient (Wildman–Crippen LogP) is -2.84. The Balaban J connectivity index is 2.11. The van der Waals surface area contributed by atoms with Gasteiger partial charge in [0.1, 0.15) is 0 Å². The first kappa shape index (κ1) is 32.8. The van der Waals surface area contributed by atoms with Gasteiger partial charge in [-0.25, -0.2) is 0 Å². The average Bonchev–Trinajstić information content (AvgIpc) is 2.87. The predicted molar refractivity (Wildman–Crippen MR) is 147 cm³/mol. The number of nitrogens with one attached hydrogen (secondary N) is 8. The van der Waals surface area contributed by atoms with Crippen molar-refractivity contribution in [2.75, 3.05) is 78.5 Å². The minimum absolute atomic E-state index is 0.0379. The Kier molecular flexibility index (Phi) is 15.2. The van der Waals surface area contributed by atoms with Crippen LogP contribution in [0.1, 0.15) is 44.9 Å². The van der Waals surface area contributed by atoms with Crippen molar-refractivity contribution in [3.05, 3.63) is 0 Å². The van der Waals surface area contributed by atoms with Crippen molar-refractivity contribution < 1.29 is 29.4 Å². The van der Waals surface area contributed by atoms with Crippen LogP contribution < -0.4 is 42.5 Å². The molecule has 14 heteroatoms. The van der Waals surface area contributed by atoms with Crippen LogP contribution in [0.15, 0.2) is 0 Å². The van der Waals surface area contributed by atoms with Crippen LogP contribution in [-0.2, 0) is 19.2 Å². The van der Waals surface area contributed by atoms with Crippen molar-refractivity contribution in [2.45, 2.75) is 56.0 Å². The number of carboxylic acids is 2.